The van der Waals surface area contributed by atoms with Gasteiger partial charge in [-0.15, -0.1) is 0 Å². The maximum Gasteiger partial charge on any atom is 0.193 e. The van der Waals surface area contributed by atoms with Crippen LogP contribution in [0.25, 0.3) is 0 Å². The number of anilines is 1. The van der Waals surface area contributed by atoms with Crippen LogP contribution in [0, 0.1) is 3.57 Å². The van der Waals surface area contributed by atoms with E-state index in [1.165, 1.54) is 3.57 Å². The molecule has 0 atom stereocenters. The number of halogens is 1. The number of nitrogens with one attached hydrogen (secondary N) is 1. The first-order valence-electron chi connectivity index (χ1n) is 5.60. The molecule has 0 fully saturated rings. The summed E-state index contributed by atoms with van der Waals surface area (Å²) in [7, 11) is 0. The summed E-state index contributed by atoms with van der Waals surface area (Å²) in [6.45, 7) is 0.587. The van der Waals surface area contributed by atoms with E-state index in [1.807, 2.05) is 54.6 Å². The van der Waals surface area contributed by atoms with E-state index < -0.39 is 0 Å². The molecular formula is C14H14IN3. The number of nitrogens with zero attached hydrogens (tertiary/aromatic N) is 1. The van der Waals surface area contributed by atoms with Crippen molar-refractivity contribution in [3.8, 4) is 0 Å². The third-order valence-corrected chi connectivity index (χ3v) is 3.11. The maximum absolute atomic E-state index is 5.83. The standard InChI is InChI=1S/C14H14IN3/c15-12-6-8-13(9-7-12)18-14(16)17-10-11-4-2-1-3-5-11/h1-9H,10H2,(H3,16,17,18). The van der Waals surface area contributed by atoms with Crippen LogP contribution >= 0.6 is 22.6 Å². The van der Waals surface area contributed by atoms with E-state index >= 15 is 0 Å². The fourth-order valence-corrected chi connectivity index (χ4v) is 1.84. The van der Waals surface area contributed by atoms with Crippen molar-refractivity contribution >= 4 is 34.2 Å². The molecule has 0 bridgehead atoms. The summed E-state index contributed by atoms with van der Waals surface area (Å²) >= 11 is 2.27. The number of benzene rings is 2. The predicted molar refractivity (Wildman–Crippen MR) is 84.6 cm³/mol. The van der Waals surface area contributed by atoms with Crippen LogP contribution in [0.3, 0.4) is 0 Å². The van der Waals surface area contributed by atoms with Gasteiger partial charge in [-0.25, -0.2) is 4.99 Å². The van der Waals surface area contributed by atoms with E-state index in [0.717, 1.165) is 11.3 Å². The van der Waals surface area contributed by atoms with Crippen LogP contribution in [0.2, 0.25) is 0 Å². The Morgan fingerprint density at radius 1 is 1.06 bits per heavy atom. The molecule has 0 spiro atoms. The number of aliphatic imine (C=N–C) groups is 1. The van der Waals surface area contributed by atoms with Crippen LogP contribution in [0.15, 0.2) is 59.6 Å². The summed E-state index contributed by atoms with van der Waals surface area (Å²) in [5.41, 5.74) is 7.92. The van der Waals surface area contributed by atoms with Gasteiger partial charge in [-0.2, -0.15) is 0 Å². The molecule has 2 rings (SSSR count). The molecular weight excluding hydrogens is 337 g/mol. The first-order valence-corrected chi connectivity index (χ1v) is 6.68. The van der Waals surface area contributed by atoms with Crippen molar-refractivity contribution in [1.29, 1.82) is 0 Å². The summed E-state index contributed by atoms with van der Waals surface area (Å²) < 4.78 is 1.19. The molecule has 92 valence electrons. The van der Waals surface area contributed by atoms with Crippen LogP contribution < -0.4 is 11.1 Å². The van der Waals surface area contributed by atoms with Crippen LogP contribution in [0.4, 0.5) is 5.69 Å². The molecule has 18 heavy (non-hydrogen) atoms. The Balaban J connectivity index is 1.95. The Kier molecular flexibility index (Phi) is 4.58. The minimum Gasteiger partial charge on any atom is -0.370 e. The van der Waals surface area contributed by atoms with Crippen LogP contribution in [0.1, 0.15) is 5.56 Å². The highest BCUT2D eigenvalue weighted by molar-refractivity contribution is 14.1. The molecule has 0 aliphatic rings. The molecule has 2 aromatic carbocycles. The molecule has 0 heterocycles. The molecule has 0 aliphatic heterocycles. The fraction of sp³-hybridized carbons (Fsp3) is 0.0714. The van der Waals surface area contributed by atoms with Crippen LogP contribution in [-0.4, -0.2) is 5.96 Å². The quantitative estimate of drug-likeness (QED) is 0.507. The van der Waals surface area contributed by atoms with Gasteiger partial charge in [-0.1, -0.05) is 30.3 Å². The normalized spacial score (nSPS) is 11.3. The lowest BCUT2D eigenvalue weighted by atomic mass is 10.2. The van der Waals surface area contributed by atoms with Crippen molar-refractivity contribution in [2.45, 2.75) is 6.54 Å². The second-order valence-corrected chi connectivity index (χ2v) is 5.06. The van der Waals surface area contributed by atoms with Crippen molar-refractivity contribution < 1.29 is 0 Å². The van der Waals surface area contributed by atoms with E-state index in [2.05, 4.69) is 32.9 Å². The molecule has 0 aromatic heterocycles. The number of hydrogen-bond donors (Lipinski definition) is 2. The first kappa shape index (κ1) is 12.9. The number of rotatable bonds is 3. The van der Waals surface area contributed by atoms with Gasteiger partial charge in [-0.05, 0) is 52.4 Å². The van der Waals surface area contributed by atoms with Crippen molar-refractivity contribution in [2.75, 3.05) is 5.32 Å². The fourth-order valence-electron chi connectivity index (χ4n) is 1.48. The minimum absolute atomic E-state index is 0.431. The van der Waals surface area contributed by atoms with Gasteiger partial charge in [0.2, 0.25) is 0 Å². The summed E-state index contributed by atoms with van der Waals surface area (Å²) in [4.78, 5) is 4.29. The molecule has 0 unspecified atom stereocenters. The lowest BCUT2D eigenvalue weighted by molar-refractivity contribution is 1.06. The van der Waals surface area contributed by atoms with E-state index in [1.54, 1.807) is 0 Å². The Labute approximate surface area is 120 Å². The molecule has 2 aromatic rings. The second-order valence-electron chi connectivity index (χ2n) is 3.82. The molecule has 0 aliphatic carbocycles. The highest BCUT2D eigenvalue weighted by Gasteiger charge is 1.95. The van der Waals surface area contributed by atoms with Crippen LogP contribution in [-0.2, 0) is 6.54 Å². The Morgan fingerprint density at radius 2 is 1.72 bits per heavy atom. The van der Waals surface area contributed by atoms with Gasteiger partial charge in [0.15, 0.2) is 5.96 Å². The van der Waals surface area contributed by atoms with Gasteiger partial charge < -0.3 is 11.1 Å². The lowest BCUT2D eigenvalue weighted by Crippen LogP contribution is -2.22. The highest BCUT2D eigenvalue weighted by Crippen LogP contribution is 2.10. The lowest BCUT2D eigenvalue weighted by Gasteiger charge is -2.05. The van der Waals surface area contributed by atoms with E-state index in [9.17, 15) is 0 Å². The third kappa shape index (κ3) is 4.03. The number of hydrogen-bond acceptors (Lipinski definition) is 1. The molecule has 3 nitrogen and oxygen atoms in total. The minimum atomic E-state index is 0.431. The zero-order chi connectivity index (χ0) is 12.8. The summed E-state index contributed by atoms with van der Waals surface area (Å²) in [5, 5.41) is 3.06. The van der Waals surface area contributed by atoms with Gasteiger partial charge in [-0.3, -0.25) is 0 Å². The van der Waals surface area contributed by atoms with Crippen molar-refractivity contribution in [3.05, 3.63) is 63.7 Å². The summed E-state index contributed by atoms with van der Waals surface area (Å²) in [6.07, 6.45) is 0. The highest BCUT2D eigenvalue weighted by atomic mass is 127. The zero-order valence-corrected chi connectivity index (χ0v) is 12.0. The van der Waals surface area contributed by atoms with E-state index in [-0.39, 0.29) is 0 Å². The zero-order valence-electron chi connectivity index (χ0n) is 9.81. The third-order valence-electron chi connectivity index (χ3n) is 2.39. The van der Waals surface area contributed by atoms with Crippen molar-refractivity contribution in [1.82, 2.24) is 0 Å². The molecule has 4 heteroatoms. The van der Waals surface area contributed by atoms with Gasteiger partial charge in [0.25, 0.3) is 0 Å². The van der Waals surface area contributed by atoms with Crippen LogP contribution in [0.5, 0.6) is 0 Å². The Bertz CT molecular complexity index is 520. The topological polar surface area (TPSA) is 50.4 Å². The largest absolute Gasteiger partial charge is 0.370 e. The monoisotopic (exact) mass is 351 g/mol. The van der Waals surface area contributed by atoms with Gasteiger partial charge >= 0.3 is 0 Å². The first-order chi connectivity index (χ1) is 8.74. The van der Waals surface area contributed by atoms with Gasteiger partial charge in [0.05, 0.1) is 6.54 Å². The Morgan fingerprint density at radius 3 is 2.39 bits per heavy atom. The van der Waals surface area contributed by atoms with E-state index in [0.29, 0.717) is 12.5 Å². The molecule has 0 saturated heterocycles. The SMILES string of the molecule is NC(=NCc1ccccc1)Nc1ccc(I)cc1. The van der Waals surface area contributed by atoms with Gasteiger partial charge in [0, 0.05) is 9.26 Å². The van der Waals surface area contributed by atoms with E-state index in [4.69, 9.17) is 5.73 Å². The van der Waals surface area contributed by atoms with Crippen molar-refractivity contribution in [3.63, 3.8) is 0 Å². The maximum atomic E-state index is 5.83. The average molecular weight is 351 g/mol. The summed E-state index contributed by atoms with van der Waals surface area (Å²) in [6, 6.07) is 18.0. The average Bonchev–Trinajstić information content (AvgIpc) is 2.40. The smallest absolute Gasteiger partial charge is 0.193 e. The number of guanidine groups is 1. The van der Waals surface area contributed by atoms with Gasteiger partial charge in [0.1, 0.15) is 0 Å². The second kappa shape index (κ2) is 6.39. The predicted octanol–water partition coefficient (Wildman–Crippen LogP) is 3.22. The number of nitrogens with two attached hydrogens (primary N) is 1. The summed E-state index contributed by atoms with van der Waals surface area (Å²) in [5.74, 6) is 0.431. The molecule has 3 N–H and O–H groups in total. The molecule has 0 radical (unpaired) electrons. The van der Waals surface area contributed by atoms with Crippen molar-refractivity contribution in [2.24, 2.45) is 10.7 Å². The molecule has 0 saturated carbocycles. The molecule has 0 amide bonds. The Hall–Kier alpha value is -1.56.